The summed E-state index contributed by atoms with van der Waals surface area (Å²) in [4.78, 5) is 2.16. The van der Waals surface area contributed by atoms with Crippen LogP contribution in [-0.2, 0) is 6.42 Å². The van der Waals surface area contributed by atoms with Crippen LogP contribution in [-0.4, -0.2) is 25.5 Å². The van der Waals surface area contributed by atoms with Gasteiger partial charge in [0.2, 0.25) is 0 Å². The van der Waals surface area contributed by atoms with Crippen LogP contribution in [0.3, 0.4) is 0 Å². The zero-order chi connectivity index (χ0) is 11.3. The number of hydrogen-bond donors (Lipinski definition) is 1. The monoisotopic (exact) mass is 206 g/mol. The quantitative estimate of drug-likeness (QED) is 0.800. The van der Waals surface area contributed by atoms with E-state index >= 15 is 0 Å². The van der Waals surface area contributed by atoms with E-state index in [0.717, 1.165) is 6.42 Å². The standard InChI is InChI=1S/C13H22N2/c1-4-5-11-6-8-12(9-7-11)13(10-14)15(2)3/h6-9,13H,4-5,10,14H2,1-3H3. The molecule has 0 spiro atoms. The molecule has 0 saturated heterocycles. The van der Waals surface area contributed by atoms with Gasteiger partial charge in [0, 0.05) is 12.6 Å². The van der Waals surface area contributed by atoms with Gasteiger partial charge in [0.25, 0.3) is 0 Å². The number of benzene rings is 1. The van der Waals surface area contributed by atoms with Crippen LogP contribution in [0.4, 0.5) is 0 Å². The molecule has 0 fully saturated rings. The molecule has 0 amide bonds. The Labute approximate surface area is 93.1 Å². The number of nitrogens with two attached hydrogens (primary N) is 1. The summed E-state index contributed by atoms with van der Waals surface area (Å²) in [6.07, 6.45) is 2.36. The van der Waals surface area contributed by atoms with E-state index in [1.165, 1.54) is 17.5 Å². The van der Waals surface area contributed by atoms with Crippen LogP contribution in [0.5, 0.6) is 0 Å². The van der Waals surface area contributed by atoms with Crippen LogP contribution in [0, 0.1) is 0 Å². The lowest BCUT2D eigenvalue weighted by Crippen LogP contribution is -2.27. The summed E-state index contributed by atoms with van der Waals surface area (Å²) in [7, 11) is 4.13. The topological polar surface area (TPSA) is 29.3 Å². The predicted molar refractivity (Wildman–Crippen MR) is 65.9 cm³/mol. The molecule has 84 valence electrons. The molecule has 2 heteroatoms. The SMILES string of the molecule is CCCc1ccc(C(CN)N(C)C)cc1. The van der Waals surface area contributed by atoms with Gasteiger partial charge < -0.3 is 10.6 Å². The van der Waals surface area contributed by atoms with Crippen LogP contribution in [0.15, 0.2) is 24.3 Å². The van der Waals surface area contributed by atoms with Crippen molar-refractivity contribution < 1.29 is 0 Å². The van der Waals surface area contributed by atoms with Crippen molar-refractivity contribution in [3.8, 4) is 0 Å². The van der Waals surface area contributed by atoms with Gasteiger partial charge in [0.1, 0.15) is 0 Å². The van der Waals surface area contributed by atoms with Gasteiger partial charge >= 0.3 is 0 Å². The lowest BCUT2D eigenvalue weighted by atomic mass is 10.0. The third-order valence-corrected chi connectivity index (χ3v) is 2.75. The largest absolute Gasteiger partial charge is 0.329 e. The van der Waals surface area contributed by atoms with Gasteiger partial charge in [0.05, 0.1) is 0 Å². The Morgan fingerprint density at radius 3 is 2.20 bits per heavy atom. The Hall–Kier alpha value is -0.860. The summed E-state index contributed by atoms with van der Waals surface area (Å²) in [5, 5.41) is 0. The van der Waals surface area contributed by atoms with Crippen LogP contribution in [0.1, 0.15) is 30.5 Å². The zero-order valence-corrected chi connectivity index (χ0v) is 10.0. The molecule has 2 nitrogen and oxygen atoms in total. The van der Waals surface area contributed by atoms with E-state index in [9.17, 15) is 0 Å². The lowest BCUT2D eigenvalue weighted by molar-refractivity contribution is 0.306. The summed E-state index contributed by atoms with van der Waals surface area (Å²) >= 11 is 0. The highest BCUT2D eigenvalue weighted by atomic mass is 15.1. The van der Waals surface area contributed by atoms with Crippen molar-refractivity contribution in [1.82, 2.24) is 4.90 Å². The molecule has 0 radical (unpaired) electrons. The minimum Gasteiger partial charge on any atom is -0.329 e. The average Bonchev–Trinajstić information content (AvgIpc) is 2.21. The Bertz CT molecular complexity index is 277. The maximum atomic E-state index is 5.76. The van der Waals surface area contributed by atoms with E-state index in [4.69, 9.17) is 5.73 Å². The first kappa shape index (κ1) is 12.2. The van der Waals surface area contributed by atoms with Gasteiger partial charge in [-0.05, 0) is 31.6 Å². The van der Waals surface area contributed by atoms with Crippen molar-refractivity contribution in [3.63, 3.8) is 0 Å². The fourth-order valence-electron chi connectivity index (χ4n) is 1.84. The Morgan fingerprint density at radius 1 is 1.20 bits per heavy atom. The molecule has 2 N–H and O–H groups in total. The third-order valence-electron chi connectivity index (χ3n) is 2.75. The summed E-state index contributed by atoms with van der Waals surface area (Å²) in [5.74, 6) is 0. The van der Waals surface area contributed by atoms with Crippen LogP contribution < -0.4 is 5.73 Å². The van der Waals surface area contributed by atoms with Crippen molar-refractivity contribution in [1.29, 1.82) is 0 Å². The molecule has 1 atom stereocenters. The van der Waals surface area contributed by atoms with E-state index in [2.05, 4.69) is 50.2 Å². The first-order chi connectivity index (χ1) is 7.19. The van der Waals surface area contributed by atoms with E-state index in [-0.39, 0.29) is 0 Å². The lowest BCUT2D eigenvalue weighted by Gasteiger charge is -2.23. The molecule has 1 unspecified atom stereocenters. The third kappa shape index (κ3) is 3.33. The number of nitrogens with zero attached hydrogens (tertiary/aromatic N) is 1. The Morgan fingerprint density at radius 2 is 1.80 bits per heavy atom. The number of hydrogen-bond acceptors (Lipinski definition) is 2. The van der Waals surface area contributed by atoms with Crippen LogP contribution >= 0.6 is 0 Å². The van der Waals surface area contributed by atoms with Crippen LogP contribution in [0.25, 0.3) is 0 Å². The molecule has 0 aliphatic carbocycles. The Kier molecular flexibility index (Phi) is 4.79. The maximum Gasteiger partial charge on any atom is 0.0464 e. The fraction of sp³-hybridized carbons (Fsp3) is 0.538. The maximum absolute atomic E-state index is 5.76. The van der Waals surface area contributed by atoms with Gasteiger partial charge in [-0.2, -0.15) is 0 Å². The summed E-state index contributed by atoms with van der Waals surface area (Å²) < 4.78 is 0. The predicted octanol–water partition coefficient (Wildman–Crippen LogP) is 2.20. The number of aryl methyl sites for hydroxylation is 1. The fourth-order valence-corrected chi connectivity index (χ4v) is 1.84. The molecule has 1 rings (SSSR count). The molecule has 0 bridgehead atoms. The Balaban J connectivity index is 2.77. The van der Waals surface area contributed by atoms with E-state index in [1.807, 2.05) is 0 Å². The van der Waals surface area contributed by atoms with Crippen molar-refractivity contribution in [2.45, 2.75) is 25.8 Å². The van der Waals surface area contributed by atoms with E-state index < -0.39 is 0 Å². The highest BCUT2D eigenvalue weighted by Crippen LogP contribution is 2.17. The van der Waals surface area contributed by atoms with Gasteiger partial charge in [-0.1, -0.05) is 37.6 Å². The highest BCUT2D eigenvalue weighted by Gasteiger charge is 2.11. The molecule has 0 aromatic heterocycles. The number of likely N-dealkylation sites (N-methyl/N-ethyl adjacent to an activating group) is 1. The normalized spacial score (nSPS) is 13.1. The van der Waals surface area contributed by atoms with Crippen molar-refractivity contribution >= 4 is 0 Å². The summed E-state index contributed by atoms with van der Waals surface area (Å²) in [5.41, 5.74) is 8.48. The van der Waals surface area contributed by atoms with Crippen LogP contribution in [0.2, 0.25) is 0 Å². The molecule has 1 aromatic carbocycles. The summed E-state index contributed by atoms with van der Waals surface area (Å²) in [6.45, 7) is 2.87. The second-order valence-electron chi connectivity index (χ2n) is 4.21. The first-order valence-corrected chi connectivity index (χ1v) is 5.64. The van der Waals surface area contributed by atoms with E-state index in [0.29, 0.717) is 12.6 Å². The van der Waals surface area contributed by atoms with Crippen molar-refractivity contribution in [3.05, 3.63) is 35.4 Å². The molecular formula is C13H22N2. The molecule has 0 heterocycles. The van der Waals surface area contributed by atoms with Gasteiger partial charge in [-0.15, -0.1) is 0 Å². The average molecular weight is 206 g/mol. The summed E-state index contributed by atoms with van der Waals surface area (Å²) in [6, 6.07) is 9.15. The zero-order valence-electron chi connectivity index (χ0n) is 10.0. The second-order valence-corrected chi connectivity index (χ2v) is 4.21. The van der Waals surface area contributed by atoms with Gasteiger partial charge in [-0.25, -0.2) is 0 Å². The van der Waals surface area contributed by atoms with Gasteiger partial charge in [0.15, 0.2) is 0 Å². The minimum absolute atomic E-state index is 0.334. The van der Waals surface area contributed by atoms with Crippen molar-refractivity contribution in [2.24, 2.45) is 5.73 Å². The highest BCUT2D eigenvalue weighted by molar-refractivity contribution is 5.25. The molecule has 0 aliphatic heterocycles. The van der Waals surface area contributed by atoms with E-state index in [1.54, 1.807) is 0 Å². The smallest absolute Gasteiger partial charge is 0.0464 e. The molecule has 0 aliphatic rings. The second kappa shape index (κ2) is 5.89. The molecular weight excluding hydrogens is 184 g/mol. The van der Waals surface area contributed by atoms with Crippen molar-refractivity contribution in [2.75, 3.05) is 20.6 Å². The minimum atomic E-state index is 0.334. The number of rotatable bonds is 5. The molecule has 15 heavy (non-hydrogen) atoms. The molecule has 1 aromatic rings. The molecule has 0 saturated carbocycles. The van der Waals surface area contributed by atoms with Gasteiger partial charge in [-0.3, -0.25) is 0 Å². The first-order valence-electron chi connectivity index (χ1n) is 5.64.